The van der Waals surface area contributed by atoms with Crippen molar-refractivity contribution in [1.29, 1.82) is 0 Å². The second-order valence-corrected chi connectivity index (χ2v) is 8.07. The van der Waals surface area contributed by atoms with Crippen LogP contribution < -0.4 is 5.73 Å². The zero-order valence-electron chi connectivity index (χ0n) is 17.5. The van der Waals surface area contributed by atoms with Gasteiger partial charge in [0, 0.05) is 0 Å². The van der Waals surface area contributed by atoms with E-state index in [-0.39, 0.29) is 5.92 Å². The molecule has 1 aromatic rings. The van der Waals surface area contributed by atoms with Crippen LogP contribution in [0.5, 0.6) is 0 Å². The highest BCUT2D eigenvalue weighted by molar-refractivity contribution is 6.08. The molecule has 0 aliphatic heterocycles. The zero-order chi connectivity index (χ0) is 20.3. The average Bonchev–Trinajstić information content (AvgIpc) is 2.66. The van der Waals surface area contributed by atoms with Crippen molar-refractivity contribution in [3.63, 3.8) is 0 Å². The molecule has 3 nitrogen and oxygen atoms in total. The molecule has 0 fully saturated rings. The van der Waals surface area contributed by atoms with E-state index in [1.807, 2.05) is 0 Å². The maximum atomic E-state index is 11.9. The molecule has 0 saturated heterocycles. The third kappa shape index (κ3) is 7.69. The highest BCUT2D eigenvalue weighted by Gasteiger charge is 2.40. The molecule has 2 radical (unpaired) electrons. The summed E-state index contributed by atoms with van der Waals surface area (Å²) in [6.45, 7) is 6.40. The molecule has 0 aromatic heterocycles. The van der Waals surface area contributed by atoms with E-state index >= 15 is 0 Å². The second-order valence-electron chi connectivity index (χ2n) is 8.07. The van der Waals surface area contributed by atoms with Crippen molar-refractivity contribution in [2.75, 3.05) is 0 Å². The van der Waals surface area contributed by atoms with Gasteiger partial charge in [-0.1, -0.05) is 82.1 Å². The van der Waals surface area contributed by atoms with Crippen LogP contribution in [0.1, 0.15) is 76.3 Å². The Labute approximate surface area is 167 Å². The summed E-state index contributed by atoms with van der Waals surface area (Å²) < 4.78 is 0. The van der Waals surface area contributed by atoms with Crippen LogP contribution in [0.4, 0.5) is 0 Å². The van der Waals surface area contributed by atoms with E-state index in [2.05, 4.69) is 45.0 Å². The number of benzene rings is 1. The summed E-state index contributed by atoms with van der Waals surface area (Å²) in [6.07, 6.45) is 8.80. The molecule has 0 heterocycles. The standard InChI is InChI=1S/C23H38BNO2/c1-4-19(12-13-20-10-8-18(3)9-11-20)14-15-21(5-2)23(25,22(26)27)16-6-7-17-24/h8-11,19,21H,4-7,12-17,25H2,1-3H3,(H,26,27). The van der Waals surface area contributed by atoms with Gasteiger partial charge in [-0.05, 0) is 50.0 Å². The first-order valence-electron chi connectivity index (χ1n) is 10.6. The van der Waals surface area contributed by atoms with Gasteiger partial charge in [0.15, 0.2) is 0 Å². The van der Waals surface area contributed by atoms with E-state index in [4.69, 9.17) is 13.6 Å². The summed E-state index contributed by atoms with van der Waals surface area (Å²) in [5.74, 6) is -0.234. The number of nitrogens with two attached hydrogens (primary N) is 1. The van der Waals surface area contributed by atoms with Gasteiger partial charge in [-0.25, -0.2) is 0 Å². The van der Waals surface area contributed by atoms with E-state index < -0.39 is 11.5 Å². The molecule has 0 saturated carbocycles. The van der Waals surface area contributed by atoms with Crippen molar-refractivity contribution in [2.24, 2.45) is 17.6 Å². The molecule has 0 bridgehead atoms. The largest absolute Gasteiger partial charge is 0.480 e. The van der Waals surface area contributed by atoms with Gasteiger partial charge in [0.25, 0.3) is 0 Å². The van der Waals surface area contributed by atoms with Gasteiger partial charge in [-0.3, -0.25) is 4.79 Å². The summed E-state index contributed by atoms with van der Waals surface area (Å²) in [5.41, 5.74) is 7.95. The predicted octanol–water partition coefficient (Wildman–Crippen LogP) is 5.30. The molecule has 150 valence electrons. The summed E-state index contributed by atoms with van der Waals surface area (Å²) >= 11 is 0. The second kappa shape index (κ2) is 12.2. The first-order chi connectivity index (χ1) is 12.9. The van der Waals surface area contributed by atoms with Gasteiger partial charge in [0.05, 0.1) is 7.85 Å². The maximum absolute atomic E-state index is 11.9. The quantitative estimate of drug-likeness (QED) is 0.345. The first-order valence-corrected chi connectivity index (χ1v) is 10.6. The van der Waals surface area contributed by atoms with Crippen LogP contribution in [0.3, 0.4) is 0 Å². The maximum Gasteiger partial charge on any atom is 0.323 e. The fourth-order valence-electron chi connectivity index (χ4n) is 3.99. The van der Waals surface area contributed by atoms with Gasteiger partial charge in [-0.2, -0.15) is 0 Å². The van der Waals surface area contributed by atoms with Crippen molar-refractivity contribution in [1.82, 2.24) is 0 Å². The number of unbranched alkanes of at least 4 members (excludes halogenated alkanes) is 1. The van der Waals surface area contributed by atoms with Crippen molar-refractivity contribution in [3.8, 4) is 0 Å². The van der Waals surface area contributed by atoms with Crippen LogP contribution in [-0.4, -0.2) is 24.5 Å². The Morgan fingerprint density at radius 3 is 2.30 bits per heavy atom. The minimum atomic E-state index is -1.13. The Hall–Kier alpha value is -1.29. The molecule has 1 rings (SSSR count). The summed E-state index contributed by atoms with van der Waals surface area (Å²) in [5, 5.41) is 9.77. The monoisotopic (exact) mass is 371 g/mol. The minimum Gasteiger partial charge on any atom is -0.480 e. The number of rotatable bonds is 14. The Kier molecular flexibility index (Phi) is 10.8. The Bertz CT molecular complexity index is 546. The Morgan fingerprint density at radius 2 is 1.78 bits per heavy atom. The molecule has 0 amide bonds. The lowest BCUT2D eigenvalue weighted by Crippen LogP contribution is -2.54. The molecule has 3 atom stereocenters. The first kappa shape index (κ1) is 23.8. The highest BCUT2D eigenvalue weighted by atomic mass is 16.4. The van der Waals surface area contributed by atoms with Crippen molar-refractivity contribution in [3.05, 3.63) is 35.4 Å². The van der Waals surface area contributed by atoms with Crippen molar-refractivity contribution in [2.45, 2.75) is 90.4 Å². The highest BCUT2D eigenvalue weighted by Crippen LogP contribution is 2.32. The Morgan fingerprint density at radius 1 is 1.11 bits per heavy atom. The molecule has 4 heteroatoms. The lowest BCUT2D eigenvalue weighted by Gasteiger charge is -2.34. The van der Waals surface area contributed by atoms with Gasteiger partial charge < -0.3 is 10.8 Å². The molecule has 1 aromatic carbocycles. The van der Waals surface area contributed by atoms with Crippen LogP contribution in [0.2, 0.25) is 6.32 Å². The zero-order valence-corrected chi connectivity index (χ0v) is 17.5. The predicted molar refractivity (Wildman–Crippen MR) is 115 cm³/mol. The number of aryl methyl sites for hydroxylation is 2. The Balaban J connectivity index is 2.62. The fraction of sp³-hybridized carbons (Fsp3) is 0.696. The number of hydrogen-bond acceptors (Lipinski definition) is 2. The summed E-state index contributed by atoms with van der Waals surface area (Å²) in [4.78, 5) is 11.9. The van der Waals surface area contributed by atoms with E-state index in [9.17, 15) is 9.90 Å². The van der Waals surface area contributed by atoms with Crippen LogP contribution in [0.25, 0.3) is 0 Å². The van der Waals surface area contributed by atoms with E-state index in [0.29, 0.717) is 18.7 Å². The number of carbonyl (C=O) groups is 1. The van der Waals surface area contributed by atoms with Crippen LogP contribution >= 0.6 is 0 Å². The van der Waals surface area contributed by atoms with Gasteiger partial charge in [-0.15, -0.1) is 0 Å². The van der Waals surface area contributed by atoms with Crippen LogP contribution in [0, 0.1) is 18.8 Å². The van der Waals surface area contributed by atoms with E-state index in [1.54, 1.807) is 0 Å². The average molecular weight is 371 g/mol. The van der Waals surface area contributed by atoms with Crippen molar-refractivity contribution >= 4 is 13.8 Å². The number of aliphatic carboxylic acids is 1. The third-order valence-corrected chi connectivity index (χ3v) is 6.13. The summed E-state index contributed by atoms with van der Waals surface area (Å²) in [7, 11) is 5.56. The van der Waals surface area contributed by atoms with E-state index in [0.717, 1.165) is 51.4 Å². The fourth-order valence-corrected chi connectivity index (χ4v) is 3.99. The molecule has 3 unspecified atom stereocenters. The smallest absolute Gasteiger partial charge is 0.323 e. The van der Waals surface area contributed by atoms with Gasteiger partial charge >= 0.3 is 5.97 Å². The lowest BCUT2D eigenvalue weighted by molar-refractivity contribution is -0.146. The minimum absolute atomic E-state index is 0.0150. The molecular weight excluding hydrogens is 333 g/mol. The number of carboxylic acid groups (broad SMARTS) is 1. The lowest BCUT2D eigenvalue weighted by atomic mass is 9.74. The molecule has 27 heavy (non-hydrogen) atoms. The van der Waals surface area contributed by atoms with E-state index in [1.165, 1.54) is 11.1 Å². The third-order valence-electron chi connectivity index (χ3n) is 6.13. The topological polar surface area (TPSA) is 63.3 Å². The molecule has 3 N–H and O–H groups in total. The normalized spacial score (nSPS) is 15.9. The molecule has 0 aliphatic carbocycles. The van der Waals surface area contributed by atoms with Crippen LogP contribution in [-0.2, 0) is 11.2 Å². The molecule has 0 aliphatic rings. The van der Waals surface area contributed by atoms with Gasteiger partial charge in [0.1, 0.15) is 5.54 Å². The molecular formula is C23H38BNO2. The van der Waals surface area contributed by atoms with Gasteiger partial charge in [0.2, 0.25) is 0 Å². The number of carboxylic acids is 1. The number of hydrogen-bond donors (Lipinski definition) is 2. The van der Waals surface area contributed by atoms with Crippen LogP contribution in [0.15, 0.2) is 24.3 Å². The molecule has 0 spiro atoms. The SMILES string of the molecule is [B]CCCCC(N)(C(=O)O)C(CC)CCC(CC)CCc1ccc(C)cc1. The summed E-state index contributed by atoms with van der Waals surface area (Å²) in [6, 6.07) is 8.76. The van der Waals surface area contributed by atoms with Crippen molar-refractivity contribution < 1.29 is 9.90 Å².